The molecular formula is C8H12F2O4. The Bertz CT molecular complexity index is 186. The minimum Gasteiger partial charge on any atom is -0.457 e. The van der Waals surface area contributed by atoms with E-state index in [9.17, 15) is 18.4 Å². The van der Waals surface area contributed by atoms with Crippen LogP contribution in [0, 0.1) is 0 Å². The number of rotatable bonds is 5. The van der Waals surface area contributed by atoms with Gasteiger partial charge in [-0.05, 0) is 13.8 Å². The van der Waals surface area contributed by atoms with E-state index in [4.69, 9.17) is 0 Å². The number of esters is 2. The highest BCUT2D eigenvalue weighted by atomic mass is 19.1. The van der Waals surface area contributed by atoms with Crippen LogP contribution in [0.3, 0.4) is 0 Å². The fourth-order valence-electron chi connectivity index (χ4n) is 0.669. The molecule has 6 heteroatoms. The molecule has 0 saturated heterocycles. The number of halogens is 2. The second kappa shape index (κ2) is 6.28. The van der Waals surface area contributed by atoms with Crippen LogP contribution >= 0.6 is 0 Å². The van der Waals surface area contributed by atoms with Gasteiger partial charge in [0.05, 0.1) is 0 Å². The Hall–Kier alpha value is -1.20. The van der Waals surface area contributed by atoms with Crippen LogP contribution < -0.4 is 0 Å². The van der Waals surface area contributed by atoms with Crippen LogP contribution in [0.4, 0.5) is 8.78 Å². The molecule has 0 amide bonds. The highest BCUT2D eigenvalue weighted by molar-refractivity contribution is 5.71. The van der Waals surface area contributed by atoms with E-state index in [1.165, 1.54) is 13.8 Å². The third-order valence-electron chi connectivity index (χ3n) is 1.51. The van der Waals surface area contributed by atoms with Gasteiger partial charge in [0.25, 0.3) is 0 Å². The molecule has 0 aromatic carbocycles. The minimum absolute atomic E-state index is 0.797. The lowest BCUT2D eigenvalue weighted by atomic mass is 10.2. The number of ether oxygens (including phenoxy) is 2. The minimum atomic E-state index is -1.24. The Labute approximate surface area is 80.2 Å². The quantitative estimate of drug-likeness (QED) is 0.629. The Kier molecular flexibility index (Phi) is 5.74. The second-order valence-corrected chi connectivity index (χ2v) is 2.66. The number of carbonyl (C=O) groups excluding carboxylic acids is 2. The average molecular weight is 210 g/mol. The number of alkyl halides is 2. The van der Waals surface area contributed by atoms with Crippen LogP contribution in [0.15, 0.2) is 0 Å². The Morgan fingerprint density at radius 1 is 1.00 bits per heavy atom. The molecule has 0 radical (unpaired) electrons. The van der Waals surface area contributed by atoms with Gasteiger partial charge >= 0.3 is 11.9 Å². The zero-order chi connectivity index (χ0) is 11.1. The molecule has 0 unspecified atom stereocenters. The van der Waals surface area contributed by atoms with E-state index in [0.717, 1.165) is 0 Å². The van der Waals surface area contributed by atoms with E-state index in [2.05, 4.69) is 9.47 Å². The molecule has 0 spiro atoms. The molecule has 14 heavy (non-hydrogen) atoms. The summed E-state index contributed by atoms with van der Waals surface area (Å²) in [5.74, 6) is -2.08. The average Bonchev–Trinajstić information content (AvgIpc) is 2.17. The molecule has 0 rings (SSSR count). The normalized spacial score (nSPS) is 14.3. The predicted molar refractivity (Wildman–Crippen MR) is 43.1 cm³/mol. The van der Waals surface area contributed by atoms with Crippen molar-refractivity contribution in [1.82, 2.24) is 0 Å². The summed E-state index contributed by atoms with van der Waals surface area (Å²) in [6, 6.07) is 0. The van der Waals surface area contributed by atoms with Crippen LogP contribution in [-0.2, 0) is 19.1 Å². The topological polar surface area (TPSA) is 52.6 Å². The van der Waals surface area contributed by atoms with Gasteiger partial charge in [-0.15, -0.1) is 0 Å². The molecule has 0 aromatic rings. The summed E-state index contributed by atoms with van der Waals surface area (Å²) < 4.78 is 32.4. The number of hydrogen-bond acceptors (Lipinski definition) is 4. The first kappa shape index (κ1) is 12.8. The van der Waals surface area contributed by atoms with E-state index >= 15 is 0 Å². The second-order valence-electron chi connectivity index (χ2n) is 2.66. The summed E-state index contributed by atoms with van der Waals surface area (Å²) in [5, 5.41) is 0. The van der Waals surface area contributed by atoms with Gasteiger partial charge in [0.2, 0.25) is 0 Å². The van der Waals surface area contributed by atoms with Gasteiger partial charge in [-0.1, -0.05) is 0 Å². The van der Waals surface area contributed by atoms with Crippen LogP contribution in [0.5, 0.6) is 0 Å². The molecule has 0 heterocycles. The van der Waals surface area contributed by atoms with Crippen LogP contribution in [-0.4, -0.2) is 37.5 Å². The molecular weight excluding hydrogens is 198 g/mol. The van der Waals surface area contributed by atoms with Crippen molar-refractivity contribution in [2.24, 2.45) is 0 Å². The third-order valence-corrected chi connectivity index (χ3v) is 1.51. The summed E-state index contributed by atoms with van der Waals surface area (Å²) in [5.41, 5.74) is 0. The maximum absolute atomic E-state index is 11.7. The van der Waals surface area contributed by atoms with Crippen LogP contribution in [0.1, 0.15) is 13.8 Å². The summed E-state index contributed by atoms with van der Waals surface area (Å²) in [4.78, 5) is 20.9. The third kappa shape index (κ3) is 4.74. The fourth-order valence-corrected chi connectivity index (χ4v) is 0.669. The van der Waals surface area contributed by atoms with Crippen molar-refractivity contribution in [2.75, 3.05) is 13.3 Å². The summed E-state index contributed by atoms with van der Waals surface area (Å²) in [6.45, 7) is 0.357. The molecule has 82 valence electrons. The molecule has 0 aliphatic rings. The van der Waals surface area contributed by atoms with Gasteiger partial charge < -0.3 is 9.47 Å². The zero-order valence-electron chi connectivity index (χ0n) is 7.96. The van der Waals surface area contributed by atoms with E-state index in [0.29, 0.717) is 0 Å². The number of hydrogen-bond donors (Lipinski definition) is 0. The van der Waals surface area contributed by atoms with Crippen LogP contribution in [0.25, 0.3) is 0 Å². The molecule has 0 aromatic heterocycles. The maximum atomic E-state index is 11.7. The van der Waals surface area contributed by atoms with Crippen molar-refractivity contribution in [3.8, 4) is 0 Å². The molecule has 4 nitrogen and oxygen atoms in total. The fraction of sp³-hybridized carbons (Fsp3) is 0.750. The van der Waals surface area contributed by atoms with Gasteiger partial charge in [-0.2, -0.15) is 0 Å². The Morgan fingerprint density at radius 2 is 1.29 bits per heavy atom. The van der Waals surface area contributed by atoms with Crippen molar-refractivity contribution < 1.29 is 27.8 Å². The van der Waals surface area contributed by atoms with Gasteiger partial charge in [0.15, 0.2) is 13.3 Å². The Morgan fingerprint density at radius 3 is 1.50 bits per heavy atom. The molecule has 0 saturated carbocycles. The highest BCUT2D eigenvalue weighted by Crippen LogP contribution is 2.04. The molecule has 0 N–H and O–H groups in total. The zero-order valence-corrected chi connectivity index (χ0v) is 7.96. The van der Waals surface area contributed by atoms with E-state index < -0.39 is 37.5 Å². The molecule has 2 atom stereocenters. The van der Waals surface area contributed by atoms with Gasteiger partial charge in [0.1, 0.15) is 12.2 Å². The SMILES string of the molecule is C[C@H](OC(=O)CF)[C@H](C)OC(=O)CF. The smallest absolute Gasteiger partial charge is 0.337 e. The summed E-state index contributed by atoms with van der Waals surface area (Å²) >= 11 is 0. The predicted octanol–water partition coefficient (Wildman–Crippen LogP) is 0.789. The van der Waals surface area contributed by atoms with E-state index in [1.807, 2.05) is 0 Å². The van der Waals surface area contributed by atoms with E-state index in [-0.39, 0.29) is 0 Å². The molecule has 0 aliphatic carbocycles. The van der Waals surface area contributed by atoms with Gasteiger partial charge in [0, 0.05) is 0 Å². The summed E-state index contributed by atoms with van der Waals surface area (Å²) in [7, 11) is 0. The highest BCUT2D eigenvalue weighted by Gasteiger charge is 2.20. The van der Waals surface area contributed by atoms with Crippen molar-refractivity contribution >= 4 is 11.9 Å². The number of carbonyl (C=O) groups is 2. The largest absolute Gasteiger partial charge is 0.457 e. The lowest BCUT2D eigenvalue weighted by Crippen LogP contribution is -2.31. The lowest BCUT2D eigenvalue weighted by Gasteiger charge is -2.19. The van der Waals surface area contributed by atoms with Crippen molar-refractivity contribution in [1.29, 1.82) is 0 Å². The maximum Gasteiger partial charge on any atom is 0.337 e. The first-order chi connectivity index (χ1) is 6.51. The van der Waals surface area contributed by atoms with Crippen LogP contribution in [0.2, 0.25) is 0 Å². The Balaban J connectivity index is 3.92. The van der Waals surface area contributed by atoms with Crippen molar-refractivity contribution in [3.63, 3.8) is 0 Å². The van der Waals surface area contributed by atoms with E-state index in [1.54, 1.807) is 0 Å². The van der Waals surface area contributed by atoms with Gasteiger partial charge in [-0.3, -0.25) is 0 Å². The molecule has 0 bridgehead atoms. The molecule has 0 aliphatic heterocycles. The lowest BCUT2D eigenvalue weighted by molar-refractivity contribution is -0.166. The summed E-state index contributed by atoms with van der Waals surface area (Å²) in [6.07, 6.45) is -1.59. The monoisotopic (exact) mass is 210 g/mol. The first-order valence-corrected chi connectivity index (χ1v) is 4.02. The molecule has 0 fully saturated rings. The van der Waals surface area contributed by atoms with Gasteiger partial charge in [-0.25, -0.2) is 18.4 Å². The van der Waals surface area contributed by atoms with Crippen molar-refractivity contribution in [3.05, 3.63) is 0 Å². The van der Waals surface area contributed by atoms with Crippen molar-refractivity contribution in [2.45, 2.75) is 26.1 Å². The standard InChI is InChI=1S/C8H12F2O4/c1-5(13-7(11)3-9)6(2)14-8(12)4-10/h5-6H,3-4H2,1-2H3/t5-,6-/m0/s1. The first-order valence-electron chi connectivity index (χ1n) is 4.02.